The zero-order chi connectivity index (χ0) is 31.3. The zero-order valence-electron chi connectivity index (χ0n) is 25.1. The second kappa shape index (κ2) is 14.0. The van der Waals surface area contributed by atoms with E-state index in [0.717, 1.165) is 41.8 Å². The first-order valence-electron chi connectivity index (χ1n) is 14.3. The van der Waals surface area contributed by atoms with Crippen LogP contribution in [0.15, 0.2) is 41.3 Å². The summed E-state index contributed by atoms with van der Waals surface area (Å²) in [6, 6.07) is 10.4. The number of amides is 2. The number of aromatic nitrogens is 2. The fraction of sp³-hybridized carbons (Fsp3) is 0.484. The fourth-order valence-corrected chi connectivity index (χ4v) is 6.20. The van der Waals surface area contributed by atoms with Gasteiger partial charge in [-0.3, -0.25) is 14.9 Å². The summed E-state index contributed by atoms with van der Waals surface area (Å²) in [6.07, 6.45) is -1.14. The van der Waals surface area contributed by atoms with E-state index in [1.165, 1.54) is 23.9 Å². The highest BCUT2D eigenvalue weighted by Crippen LogP contribution is 2.30. The summed E-state index contributed by atoms with van der Waals surface area (Å²) < 4.78 is 28.2. The molecule has 0 unspecified atom stereocenters. The van der Waals surface area contributed by atoms with Crippen molar-refractivity contribution in [3.05, 3.63) is 56.6 Å². The normalized spacial score (nSPS) is 16.0. The Morgan fingerprint density at radius 3 is 2.67 bits per heavy atom. The van der Waals surface area contributed by atoms with Crippen LogP contribution in [-0.2, 0) is 17.9 Å². The molecular formula is C31H38F2N6O2S2. The summed E-state index contributed by atoms with van der Waals surface area (Å²) in [7, 11) is 0. The number of nitrogens with zero attached hydrogens (tertiary/aromatic N) is 4. The maximum absolute atomic E-state index is 13.4. The third-order valence-electron chi connectivity index (χ3n) is 6.93. The van der Waals surface area contributed by atoms with Crippen molar-refractivity contribution in [2.45, 2.75) is 78.3 Å². The van der Waals surface area contributed by atoms with Crippen LogP contribution >= 0.6 is 23.1 Å². The number of rotatable bonds is 11. The average molecular weight is 629 g/mol. The highest BCUT2D eigenvalue weighted by atomic mass is 32.2. The summed E-state index contributed by atoms with van der Waals surface area (Å²) in [5.74, 6) is -0.559. The molecule has 1 saturated heterocycles. The maximum Gasteiger partial charge on any atom is 0.272 e. The molecule has 2 aromatic heterocycles. The molecule has 8 nitrogen and oxygen atoms in total. The molecule has 0 bridgehead atoms. The van der Waals surface area contributed by atoms with Crippen LogP contribution in [-0.4, -0.2) is 50.6 Å². The minimum Gasteiger partial charge on any atom is -0.333 e. The third-order valence-corrected chi connectivity index (χ3v) is 8.94. The molecule has 230 valence electrons. The number of thioether (sulfide) groups is 1. The van der Waals surface area contributed by atoms with E-state index < -0.39 is 12.3 Å². The van der Waals surface area contributed by atoms with E-state index in [9.17, 15) is 23.6 Å². The minimum atomic E-state index is -2.65. The van der Waals surface area contributed by atoms with Crippen molar-refractivity contribution >= 4 is 51.9 Å². The number of benzene rings is 1. The predicted octanol–water partition coefficient (Wildman–Crippen LogP) is 6.96. The van der Waals surface area contributed by atoms with E-state index in [-0.39, 0.29) is 43.9 Å². The van der Waals surface area contributed by atoms with E-state index in [1.807, 2.05) is 36.6 Å². The maximum atomic E-state index is 13.4. The Bertz CT molecular complexity index is 1530. The smallest absolute Gasteiger partial charge is 0.272 e. The van der Waals surface area contributed by atoms with Crippen molar-refractivity contribution in [2.75, 3.05) is 18.4 Å². The van der Waals surface area contributed by atoms with E-state index in [0.29, 0.717) is 25.2 Å². The number of carbonyl (C=O) groups is 2. The quantitative estimate of drug-likeness (QED) is 0.176. The summed E-state index contributed by atoms with van der Waals surface area (Å²) in [5.41, 5.74) is 2.72. The second-order valence-corrected chi connectivity index (χ2v) is 14.7. The standard InChI is InChI=1S/C31H38F2N6O2S2/c1-19(2)42-17-21(14-34)29(41)38-12-6-7-22(38)16-39-24-13-20(15-35-18-31(3,4)5)8-9-23(24)36-30(39)37-28(40)26-11-10-25(43-26)27(32)33/h8-11,13,17,19,22,27,35H,6-7,12,15-16,18H2,1-5H3,(H,36,37,40)/b21-17+/t22-/m1/s1. The second-order valence-electron chi connectivity index (χ2n) is 12.1. The molecule has 0 spiro atoms. The van der Waals surface area contributed by atoms with Crippen molar-refractivity contribution in [1.82, 2.24) is 19.8 Å². The van der Waals surface area contributed by atoms with Crippen LogP contribution in [0.3, 0.4) is 0 Å². The number of imidazole rings is 1. The van der Waals surface area contributed by atoms with Gasteiger partial charge in [-0.1, -0.05) is 40.7 Å². The van der Waals surface area contributed by atoms with Crippen molar-refractivity contribution in [1.29, 1.82) is 5.26 Å². The molecule has 1 fully saturated rings. The van der Waals surface area contributed by atoms with Gasteiger partial charge in [-0.05, 0) is 53.5 Å². The predicted molar refractivity (Wildman–Crippen MR) is 169 cm³/mol. The molecular weight excluding hydrogens is 591 g/mol. The molecule has 4 rings (SSSR count). The lowest BCUT2D eigenvalue weighted by molar-refractivity contribution is -0.127. The van der Waals surface area contributed by atoms with Crippen LogP contribution < -0.4 is 10.6 Å². The van der Waals surface area contributed by atoms with Crippen molar-refractivity contribution in [3.8, 4) is 6.07 Å². The number of nitriles is 1. The Kier molecular flexibility index (Phi) is 10.6. The number of fused-ring (bicyclic) bond motifs is 1. The van der Waals surface area contributed by atoms with Gasteiger partial charge in [0.15, 0.2) is 0 Å². The Balaban J connectivity index is 1.66. The van der Waals surface area contributed by atoms with Crippen molar-refractivity contribution in [2.24, 2.45) is 5.41 Å². The molecule has 3 aromatic rings. The molecule has 0 radical (unpaired) electrons. The summed E-state index contributed by atoms with van der Waals surface area (Å²) >= 11 is 2.18. The highest BCUT2D eigenvalue weighted by molar-refractivity contribution is 8.02. The Morgan fingerprint density at radius 1 is 1.26 bits per heavy atom. The van der Waals surface area contributed by atoms with Gasteiger partial charge in [0.25, 0.3) is 18.2 Å². The van der Waals surface area contributed by atoms with Gasteiger partial charge in [0.2, 0.25) is 5.95 Å². The molecule has 1 aliphatic rings. The fourth-order valence-electron chi connectivity index (χ4n) is 4.88. The van der Waals surface area contributed by atoms with Crippen LogP contribution in [0.4, 0.5) is 14.7 Å². The number of likely N-dealkylation sites (tertiary alicyclic amines) is 1. The third kappa shape index (κ3) is 8.43. The molecule has 2 N–H and O–H groups in total. The molecule has 0 aliphatic carbocycles. The zero-order valence-corrected chi connectivity index (χ0v) is 26.7. The number of thiophene rings is 1. The molecule has 12 heteroatoms. The lowest BCUT2D eigenvalue weighted by atomic mass is 9.97. The molecule has 3 heterocycles. The number of hydrogen-bond donors (Lipinski definition) is 2. The van der Waals surface area contributed by atoms with Crippen LogP contribution in [0, 0.1) is 16.7 Å². The Hall–Kier alpha value is -3.27. The number of halogens is 2. The number of nitrogens with one attached hydrogen (secondary N) is 2. The van der Waals surface area contributed by atoms with Gasteiger partial charge in [0.05, 0.1) is 26.8 Å². The van der Waals surface area contributed by atoms with Gasteiger partial charge < -0.3 is 14.8 Å². The molecule has 43 heavy (non-hydrogen) atoms. The van der Waals surface area contributed by atoms with Crippen LogP contribution in [0.2, 0.25) is 0 Å². The topological polar surface area (TPSA) is 103 Å². The molecule has 1 aromatic carbocycles. The minimum absolute atomic E-state index is 0.106. The first-order chi connectivity index (χ1) is 20.4. The summed E-state index contributed by atoms with van der Waals surface area (Å²) in [5, 5.41) is 17.9. The first-order valence-corrected chi connectivity index (χ1v) is 16.1. The van der Waals surface area contributed by atoms with Gasteiger partial charge in [0, 0.05) is 31.4 Å². The van der Waals surface area contributed by atoms with E-state index >= 15 is 0 Å². The van der Waals surface area contributed by atoms with Gasteiger partial charge >= 0.3 is 0 Å². The molecule has 1 atom stereocenters. The number of anilines is 1. The van der Waals surface area contributed by atoms with Gasteiger partial charge in [-0.25, -0.2) is 13.8 Å². The van der Waals surface area contributed by atoms with E-state index in [1.54, 1.807) is 10.3 Å². The van der Waals surface area contributed by atoms with Crippen LogP contribution in [0.1, 0.15) is 74.0 Å². The van der Waals surface area contributed by atoms with Crippen molar-refractivity contribution in [3.63, 3.8) is 0 Å². The highest BCUT2D eigenvalue weighted by Gasteiger charge is 2.32. The van der Waals surface area contributed by atoms with Crippen molar-refractivity contribution < 1.29 is 18.4 Å². The molecule has 0 saturated carbocycles. The van der Waals surface area contributed by atoms with Gasteiger partial charge in [-0.2, -0.15) is 5.26 Å². The monoisotopic (exact) mass is 628 g/mol. The van der Waals surface area contributed by atoms with Gasteiger partial charge in [0.1, 0.15) is 11.6 Å². The van der Waals surface area contributed by atoms with Crippen LogP contribution in [0.25, 0.3) is 11.0 Å². The van der Waals surface area contributed by atoms with Gasteiger partial charge in [-0.15, -0.1) is 23.1 Å². The number of alkyl halides is 2. The summed E-state index contributed by atoms with van der Waals surface area (Å²) in [4.78, 5) is 32.9. The Morgan fingerprint density at radius 2 is 2.02 bits per heavy atom. The number of carbonyl (C=O) groups excluding carboxylic acids is 2. The molecule has 1 aliphatic heterocycles. The average Bonchev–Trinajstić information content (AvgIpc) is 3.68. The number of hydrogen-bond acceptors (Lipinski definition) is 7. The Labute approximate surface area is 259 Å². The first kappa shape index (κ1) is 32.6. The van der Waals surface area contributed by atoms with E-state index in [4.69, 9.17) is 0 Å². The largest absolute Gasteiger partial charge is 0.333 e. The lowest BCUT2D eigenvalue weighted by Gasteiger charge is -2.26. The SMILES string of the molecule is CC(C)S/C=C(\C#N)C(=O)N1CCC[C@@H]1Cn1c(NC(=O)c2ccc(C(F)F)s2)nc2ccc(CNCC(C)(C)C)cc21. The summed E-state index contributed by atoms with van der Waals surface area (Å²) in [6.45, 7) is 12.8. The van der Waals surface area contributed by atoms with E-state index in [2.05, 4.69) is 42.5 Å². The lowest BCUT2D eigenvalue weighted by Crippen LogP contribution is -2.39. The van der Waals surface area contributed by atoms with Crippen LogP contribution in [0.5, 0.6) is 0 Å². The molecule has 2 amide bonds.